The molecule has 130 valence electrons. The van der Waals surface area contributed by atoms with Gasteiger partial charge in [-0.1, -0.05) is 42.5 Å². The monoisotopic (exact) mass is 337 g/mol. The van der Waals surface area contributed by atoms with E-state index in [1.54, 1.807) is 14.2 Å². The van der Waals surface area contributed by atoms with Gasteiger partial charge in [-0.15, -0.1) is 0 Å². The van der Waals surface area contributed by atoms with Gasteiger partial charge >= 0.3 is 0 Å². The second-order valence-corrected chi connectivity index (χ2v) is 6.09. The Morgan fingerprint density at radius 2 is 1.80 bits per heavy atom. The lowest BCUT2D eigenvalue weighted by molar-refractivity contribution is -0.124. The number of amides is 1. The molecule has 1 aliphatic heterocycles. The van der Waals surface area contributed by atoms with Gasteiger partial charge in [0, 0.05) is 25.8 Å². The molecule has 0 spiro atoms. The van der Waals surface area contributed by atoms with Crippen LogP contribution < -0.4 is 4.74 Å². The molecule has 1 amide bonds. The van der Waals surface area contributed by atoms with Crippen molar-refractivity contribution in [3.8, 4) is 5.75 Å². The number of hydrogen-bond acceptors (Lipinski definition) is 3. The van der Waals surface area contributed by atoms with E-state index in [-0.39, 0.29) is 12.0 Å². The Morgan fingerprint density at radius 1 is 1.08 bits per heavy atom. The van der Waals surface area contributed by atoms with E-state index in [9.17, 15) is 4.79 Å². The molecule has 0 radical (unpaired) electrons. The minimum Gasteiger partial charge on any atom is -0.497 e. The second-order valence-electron chi connectivity index (χ2n) is 6.09. The van der Waals surface area contributed by atoms with Gasteiger partial charge in [0.1, 0.15) is 5.75 Å². The van der Waals surface area contributed by atoms with Crippen LogP contribution in [0.1, 0.15) is 17.5 Å². The smallest absolute Gasteiger partial charge is 0.254 e. The zero-order chi connectivity index (χ0) is 17.6. The first-order chi connectivity index (χ1) is 12.2. The van der Waals surface area contributed by atoms with Crippen molar-refractivity contribution in [2.24, 2.45) is 0 Å². The van der Waals surface area contributed by atoms with Crippen LogP contribution in [-0.4, -0.2) is 44.2 Å². The number of likely N-dealkylation sites (tertiary alicyclic amines) is 1. The third-order valence-corrected chi connectivity index (χ3v) is 4.51. The fourth-order valence-corrected chi connectivity index (χ4v) is 3.03. The summed E-state index contributed by atoms with van der Waals surface area (Å²) in [4.78, 5) is 15.0. The highest BCUT2D eigenvalue weighted by atomic mass is 16.5. The summed E-state index contributed by atoms with van der Waals surface area (Å²) in [6.07, 6.45) is 2.95. The van der Waals surface area contributed by atoms with Gasteiger partial charge in [-0.3, -0.25) is 4.79 Å². The summed E-state index contributed by atoms with van der Waals surface area (Å²) in [6.45, 7) is 1.37. The van der Waals surface area contributed by atoms with E-state index in [2.05, 4.69) is 0 Å². The summed E-state index contributed by atoms with van der Waals surface area (Å²) < 4.78 is 10.6. The number of nitrogens with zero attached hydrogens (tertiary/aromatic N) is 1. The molecule has 0 saturated carbocycles. The first-order valence-corrected chi connectivity index (χ1v) is 8.44. The van der Waals surface area contributed by atoms with E-state index in [0.29, 0.717) is 12.1 Å². The van der Waals surface area contributed by atoms with Crippen LogP contribution in [-0.2, 0) is 9.53 Å². The molecule has 3 rings (SSSR count). The molecule has 1 heterocycles. The molecule has 1 fully saturated rings. The van der Waals surface area contributed by atoms with Crippen LogP contribution >= 0.6 is 0 Å². The van der Waals surface area contributed by atoms with Crippen molar-refractivity contribution in [2.75, 3.05) is 27.3 Å². The number of ether oxygens (including phenoxy) is 2. The summed E-state index contributed by atoms with van der Waals surface area (Å²) in [5.74, 6) is 0.841. The average Bonchev–Trinajstić information content (AvgIpc) is 3.16. The van der Waals surface area contributed by atoms with Gasteiger partial charge in [-0.25, -0.2) is 0 Å². The molecule has 0 bridgehead atoms. The van der Waals surface area contributed by atoms with Crippen LogP contribution in [0, 0.1) is 0 Å². The van der Waals surface area contributed by atoms with E-state index < -0.39 is 0 Å². The quantitative estimate of drug-likeness (QED) is 0.619. The molecule has 2 aromatic carbocycles. The average molecular weight is 337 g/mol. The molecular formula is C21H23NO3. The maximum absolute atomic E-state index is 13.1. The van der Waals surface area contributed by atoms with Gasteiger partial charge in [-0.05, 0) is 35.8 Å². The van der Waals surface area contributed by atoms with Crippen LogP contribution in [0.25, 0.3) is 11.6 Å². The van der Waals surface area contributed by atoms with Crippen molar-refractivity contribution in [3.05, 3.63) is 65.7 Å². The highest BCUT2D eigenvalue weighted by Gasteiger charge is 2.28. The minimum absolute atomic E-state index is 0.0431. The molecule has 1 unspecified atom stereocenters. The van der Waals surface area contributed by atoms with Crippen LogP contribution in [0.4, 0.5) is 0 Å². The SMILES string of the molecule is COc1ccc(/C=C(/C(=O)N2CCC(OC)C2)c2ccccc2)cc1. The predicted octanol–water partition coefficient (Wildman–Crippen LogP) is 3.48. The number of carbonyl (C=O) groups is 1. The van der Waals surface area contributed by atoms with E-state index >= 15 is 0 Å². The molecule has 0 N–H and O–H groups in total. The lowest BCUT2D eigenvalue weighted by Gasteiger charge is -2.19. The summed E-state index contributed by atoms with van der Waals surface area (Å²) in [5, 5.41) is 0. The summed E-state index contributed by atoms with van der Waals surface area (Å²) in [7, 11) is 3.34. The van der Waals surface area contributed by atoms with Crippen LogP contribution in [0.15, 0.2) is 54.6 Å². The molecule has 1 atom stereocenters. The molecule has 4 heteroatoms. The number of hydrogen-bond donors (Lipinski definition) is 0. The molecule has 25 heavy (non-hydrogen) atoms. The molecule has 4 nitrogen and oxygen atoms in total. The minimum atomic E-state index is 0.0431. The van der Waals surface area contributed by atoms with Gasteiger partial charge in [0.25, 0.3) is 5.91 Å². The predicted molar refractivity (Wildman–Crippen MR) is 99.3 cm³/mol. The molecule has 1 aliphatic rings. The van der Waals surface area contributed by atoms with Crippen molar-refractivity contribution in [3.63, 3.8) is 0 Å². The van der Waals surface area contributed by atoms with Crippen molar-refractivity contribution < 1.29 is 14.3 Å². The number of carbonyl (C=O) groups excluding carboxylic acids is 1. The van der Waals surface area contributed by atoms with E-state index in [1.807, 2.05) is 65.6 Å². The van der Waals surface area contributed by atoms with E-state index in [1.165, 1.54) is 0 Å². The van der Waals surface area contributed by atoms with Gasteiger partial charge in [0.15, 0.2) is 0 Å². The summed E-state index contributed by atoms with van der Waals surface area (Å²) >= 11 is 0. The van der Waals surface area contributed by atoms with Gasteiger partial charge < -0.3 is 14.4 Å². The standard InChI is InChI=1S/C21H23NO3/c1-24-18-10-8-16(9-11-18)14-20(17-6-4-3-5-7-17)21(23)22-13-12-19(15-22)25-2/h3-11,14,19H,12-13,15H2,1-2H3/b20-14+. The maximum atomic E-state index is 13.1. The first-order valence-electron chi connectivity index (χ1n) is 8.44. The fraction of sp³-hybridized carbons (Fsp3) is 0.286. The van der Waals surface area contributed by atoms with E-state index in [4.69, 9.17) is 9.47 Å². The molecule has 0 aromatic heterocycles. The van der Waals surface area contributed by atoms with Crippen molar-refractivity contribution in [1.29, 1.82) is 0 Å². The van der Waals surface area contributed by atoms with Crippen molar-refractivity contribution in [2.45, 2.75) is 12.5 Å². The zero-order valence-electron chi connectivity index (χ0n) is 14.6. The highest BCUT2D eigenvalue weighted by Crippen LogP contribution is 2.24. The molecule has 0 aliphatic carbocycles. The Balaban J connectivity index is 1.92. The Hall–Kier alpha value is -2.59. The second kappa shape index (κ2) is 7.99. The van der Waals surface area contributed by atoms with Crippen molar-refractivity contribution >= 4 is 17.6 Å². The Kier molecular flexibility index (Phi) is 5.51. The zero-order valence-corrected chi connectivity index (χ0v) is 14.6. The van der Waals surface area contributed by atoms with E-state index in [0.717, 1.165) is 29.8 Å². The third kappa shape index (κ3) is 4.09. The largest absolute Gasteiger partial charge is 0.497 e. The van der Waals surface area contributed by atoms with Gasteiger partial charge in [-0.2, -0.15) is 0 Å². The van der Waals surface area contributed by atoms with Gasteiger partial charge in [0.2, 0.25) is 0 Å². The topological polar surface area (TPSA) is 38.8 Å². The molecule has 2 aromatic rings. The number of rotatable bonds is 5. The number of methoxy groups -OCH3 is 2. The lowest BCUT2D eigenvalue weighted by Crippen LogP contribution is -2.30. The normalized spacial score (nSPS) is 17.6. The summed E-state index contributed by atoms with van der Waals surface area (Å²) in [5.41, 5.74) is 2.59. The Bertz CT molecular complexity index is 737. The number of benzene rings is 2. The maximum Gasteiger partial charge on any atom is 0.254 e. The first kappa shape index (κ1) is 17.2. The third-order valence-electron chi connectivity index (χ3n) is 4.51. The van der Waals surface area contributed by atoms with Crippen LogP contribution in [0.3, 0.4) is 0 Å². The van der Waals surface area contributed by atoms with Crippen molar-refractivity contribution in [1.82, 2.24) is 4.90 Å². The highest BCUT2D eigenvalue weighted by molar-refractivity contribution is 6.24. The Morgan fingerprint density at radius 3 is 2.40 bits per heavy atom. The molecular weight excluding hydrogens is 314 g/mol. The lowest BCUT2D eigenvalue weighted by atomic mass is 10.0. The van der Waals surface area contributed by atoms with Gasteiger partial charge in [0.05, 0.1) is 13.2 Å². The Labute approximate surface area is 148 Å². The summed E-state index contributed by atoms with van der Waals surface area (Å²) in [6, 6.07) is 17.5. The van der Waals surface area contributed by atoms with Crippen LogP contribution in [0.2, 0.25) is 0 Å². The fourth-order valence-electron chi connectivity index (χ4n) is 3.03. The molecule has 1 saturated heterocycles. The van der Waals surface area contributed by atoms with Crippen LogP contribution in [0.5, 0.6) is 5.75 Å².